The molecule has 112 valence electrons. The maximum absolute atomic E-state index is 13.9. The van der Waals surface area contributed by atoms with Crippen molar-refractivity contribution in [3.63, 3.8) is 0 Å². The number of hydrogen-bond donors (Lipinski definition) is 2. The second kappa shape index (κ2) is 6.11. The minimum atomic E-state index is -4.09. The number of nitrogens with one attached hydrogen (secondary N) is 1. The van der Waals surface area contributed by atoms with Crippen LogP contribution >= 0.6 is 0 Å². The van der Waals surface area contributed by atoms with E-state index in [-0.39, 0.29) is 12.3 Å². The standard InChI is InChI=1S/C14H14FNO4S/c1-20-13-5-3-2-4-12(13)16-21(18,19)14-7-6-10(9-17)8-11(14)15/h2-8,16-17H,9H2,1H3. The highest BCUT2D eigenvalue weighted by atomic mass is 32.2. The summed E-state index contributed by atoms with van der Waals surface area (Å²) < 4.78 is 45.6. The second-order valence-corrected chi connectivity index (χ2v) is 5.88. The zero-order valence-electron chi connectivity index (χ0n) is 11.2. The van der Waals surface area contributed by atoms with E-state index >= 15 is 0 Å². The van der Waals surface area contributed by atoms with Crippen LogP contribution in [0, 0.1) is 5.82 Å². The van der Waals surface area contributed by atoms with Gasteiger partial charge in [-0.3, -0.25) is 4.72 Å². The first-order chi connectivity index (χ1) is 9.97. The molecule has 0 amide bonds. The minimum absolute atomic E-state index is 0.214. The van der Waals surface area contributed by atoms with Crippen molar-refractivity contribution in [2.24, 2.45) is 0 Å². The van der Waals surface area contributed by atoms with Crippen molar-refractivity contribution in [1.82, 2.24) is 0 Å². The fraction of sp³-hybridized carbons (Fsp3) is 0.143. The van der Waals surface area contributed by atoms with Gasteiger partial charge in [0.25, 0.3) is 10.0 Å². The van der Waals surface area contributed by atoms with Crippen molar-refractivity contribution >= 4 is 15.7 Å². The van der Waals surface area contributed by atoms with E-state index in [0.29, 0.717) is 11.3 Å². The lowest BCUT2D eigenvalue weighted by molar-refractivity contribution is 0.281. The topological polar surface area (TPSA) is 75.6 Å². The van der Waals surface area contributed by atoms with Gasteiger partial charge in [0.05, 0.1) is 19.4 Å². The van der Waals surface area contributed by atoms with Gasteiger partial charge in [-0.2, -0.15) is 0 Å². The highest BCUT2D eigenvalue weighted by molar-refractivity contribution is 7.92. The van der Waals surface area contributed by atoms with Crippen LogP contribution in [0.2, 0.25) is 0 Å². The van der Waals surface area contributed by atoms with E-state index in [4.69, 9.17) is 9.84 Å². The van der Waals surface area contributed by atoms with Crippen LogP contribution in [-0.4, -0.2) is 20.6 Å². The van der Waals surface area contributed by atoms with E-state index in [1.807, 2.05) is 0 Å². The molecule has 2 aromatic carbocycles. The lowest BCUT2D eigenvalue weighted by Gasteiger charge is -2.12. The van der Waals surface area contributed by atoms with Crippen molar-refractivity contribution in [3.05, 3.63) is 53.8 Å². The summed E-state index contributed by atoms with van der Waals surface area (Å²) in [7, 11) is -2.68. The zero-order valence-corrected chi connectivity index (χ0v) is 12.0. The molecule has 0 aliphatic carbocycles. The van der Waals surface area contributed by atoms with Crippen LogP contribution in [-0.2, 0) is 16.6 Å². The number of hydrogen-bond acceptors (Lipinski definition) is 4. The molecule has 2 N–H and O–H groups in total. The molecule has 0 saturated heterocycles. The maximum atomic E-state index is 13.9. The third-order valence-corrected chi connectivity index (χ3v) is 4.22. The summed E-state index contributed by atoms with van der Waals surface area (Å²) >= 11 is 0. The first-order valence-electron chi connectivity index (χ1n) is 6.03. The third kappa shape index (κ3) is 3.32. The molecule has 0 aliphatic heterocycles. The van der Waals surface area contributed by atoms with Gasteiger partial charge in [0.2, 0.25) is 0 Å². The van der Waals surface area contributed by atoms with Crippen molar-refractivity contribution in [3.8, 4) is 5.75 Å². The molecule has 21 heavy (non-hydrogen) atoms. The Morgan fingerprint density at radius 2 is 1.95 bits per heavy atom. The summed E-state index contributed by atoms with van der Waals surface area (Å²) in [5, 5.41) is 8.91. The number of ether oxygens (including phenoxy) is 1. The lowest BCUT2D eigenvalue weighted by Crippen LogP contribution is -2.15. The highest BCUT2D eigenvalue weighted by Gasteiger charge is 2.20. The Hall–Kier alpha value is -2.12. The Morgan fingerprint density at radius 1 is 1.24 bits per heavy atom. The minimum Gasteiger partial charge on any atom is -0.495 e. The number of benzene rings is 2. The van der Waals surface area contributed by atoms with Gasteiger partial charge in [-0.1, -0.05) is 18.2 Å². The smallest absolute Gasteiger partial charge is 0.264 e. The summed E-state index contributed by atoms with van der Waals surface area (Å²) in [6.45, 7) is -0.364. The molecule has 0 unspecified atom stereocenters. The van der Waals surface area contributed by atoms with Gasteiger partial charge in [-0.25, -0.2) is 12.8 Å². The summed E-state index contributed by atoms with van der Waals surface area (Å²) in [6.07, 6.45) is 0. The summed E-state index contributed by atoms with van der Waals surface area (Å²) in [6, 6.07) is 9.85. The molecule has 0 fully saturated rings. The van der Waals surface area contributed by atoms with Crippen molar-refractivity contribution in [2.75, 3.05) is 11.8 Å². The largest absolute Gasteiger partial charge is 0.495 e. The molecule has 0 atom stereocenters. The summed E-state index contributed by atoms with van der Waals surface area (Å²) in [5.74, 6) is -0.600. The number of methoxy groups -OCH3 is 1. The van der Waals surface area contributed by atoms with Gasteiger partial charge in [-0.05, 0) is 29.8 Å². The molecule has 0 aliphatic rings. The normalized spacial score (nSPS) is 11.2. The summed E-state index contributed by atoms with van der Waals surface area (Å²) in [4.78, 5) is -0.495. The van der Waals surface area contributed by atoms with Gasteiger partial charge in [0.1, 0.15) is 16.5 Å². The fourth-order valence-corrected chi connectivity index (χ4v) is 2.92. The van der Waals surface area contributed by atoms with Crippen LogP contribution in [0.1, 0.15) is 5.56 Å². The highest BCUT2D eigenvalue weighted by Crippen LogP contribution is 2.27. The number of anilines is 1. The SMILES string of the molecule is COc1ccccc1NS(=O)(=O)c1ccc(CO)cc1F. The van der Waals surface area contributed by atoms with Gasteiger partial charge in [0.15, 0.2) is 0 Å². The Labute approximate surface area is 122 Å². The third-order valence-electron chi connectivity index (χ3n) is 2.82. The predicted octanol–water partition coefficient (Wildman–Crippen LogP) is 2.13. The van der Waals surface area contributed by atoms with E-state index in [9.17, 15) is 12.8 Å². The number of halogens is 1. The molecule has 0 spiro atoms. The van der Waals surface area contributed by atoms with E-state index in [1.165, 1.54) is 19.2 Å². The fourth-order valence-electron chi connectivity index (χ4n) is 1.79. The molecular formula is C14H14FNO4S. The summed E-state index contributed by atoms with van der Waals surface area (Å²) in [5.41, 5.74) is 0.509. The van der Waals surface area contributed by atoms with Crippen LogP contribution in [0.15, 0.2) is 47.4 Å². The van der Waals surface area contributed by atoms with Gasteiger partial charge >= 0.3 is 0 Å². The quantitative estimate of drug-likeness (QED) is 0.887. The maximum Gasteiger partial charge on any atom is 0.264 e. The van der Waals surface area contributed by atoms with E-state index in [0.717, 1.165) is 12.1 Å². The van der Waals surface area contributed by atoms with Crippen LogP contribution < -0.4 is 9.46 Å². The molecule has 2 aromatic rings. The molecule has 0 saturated carbocycles. The Balaban J connectivity index is 2.39. The van der Waals surface area contributed by atoms with Crippen LogP contribution in [0.4, 0.5) is 10.1 Å². The Bertz CT molecular complexity index is 746. The monoisotopic (exact) mass is 311 g/mol. The average Bonchev–Trinajstić information content (AvgIpc) is 2.47. The molecule has 7 heteroatoms. The number of para-hydroxylation sites is 2. The second-order valence-electron chi connectivity index (χ2n) is 4.23. The Kier molecular flexibility index (Phi) is 4.44. The van der Waals surface area contributed by atoms with Gasteiger partial charge in [-0.15, -0.1) is 0 Å². The van der Waals surface area contributed by atoms with E-state index in [1.54, 1.807) is 18.2 Å². The number of aliphatic hydroxyl groups excluding tert-OH is 1. The predicted molar refractivity (Wildman–Crippen MR) is 76.1 cm³/mol. The van der Waals surface area contributed by atoms with E-state index in [2.05, 4.69) is 4.72 Å². The van der Waals surface area contributed by atoms with Crippen LogP contribution in [0.3, 0.4) is 0 Å². The van der Waals surface area contributed by atoms with E-state index < -0.39 is 20.7 Å². The van der Waals surface area contributed by atoms with Crippen LogP contribution in [0.25, 0.3) is 0 Å². The first kappa shape index (κ1) is 15.3. The molecule has 0 bridgehead atoms. The van der Waals surface area contributed by atoms with Gasteiger partial charge < -0.3 is 9.84 Å². The number of rotatable bonds is 5. The molecule has 0 heterocycles. The molecule has 0 aromatic heterocycles. The molecule has 5 nitrogen and oxygen atoms in total. The number of aliphatic hydroxyl groups is 1. The van der Waals surface area contributed by atoms with Crippen molar-refractivity contribution in [1.29, 1.82) is 0 Å². The molecule has 2 rings (SSSR count). The first-order valence-corrected chi connectivity index (χ1v) is 7.51. The van der Waals surface area contributed by atoms with Crippen molar-refractivity contribution in [2.45, 2.75) is 11.5 Å². The lowest BCUT2D eigenvalue weighted by atomic mass is 10.2. The Morgan fingerprint density at radius 3 is 2.57 bits per heavy atom. The number of sulfonamides is 1. The van der Waals surface area contributed by atoms with Gasteiger partial charge in [0, 0.05) is 0 Å². The molecule has 0 radical (unpaired) electrons. The van der Waals surface area contributed by atoms with Crippen LogP contribution in [0.5, 0.6) is 5.75 Å². The average molecular weight is 311 g/mol. The molecular weight excluding hydrogens is 297 g/mol. The zero-order chi connectivity index (χ0) is 15.5. The van der Waals surface area contributed by atoms with Crippen molar-refractivity contribution < 1.29 is 22.7 Å².